The number of rotatable bonds is 6. The van der Waals surface area contributed by atoms with Gasteiger partial charge in [0, 0.05) is 6.04 Å². The molecule has 0 aliphatic heterocycles. The lowest BCUT2D eigenvalue weighted by Crippen LogP contribution is -2.32. The zero-order valence-corrected chi connectivity index (χ0v) is 10.1. The monoisotopic (exact) mass is 215 g/mol. The van der Waals surface area contributed by atoms with Crippen LogP contribution in [0.1, 0.15) is 36.8 Å². The van der Waals surface area contributed by atoms with Crippen molar-refractivity contribution in [1.29, 1.82) is 0 Å². The predicted octanol–water partition coefficient (Wildman–Crippen LogP) is 3.27. The first-order valence-corrected chi connectivity index (χ1v) is 6.27. The maximum Gasteiger partial charge on any atom is 0.0107 e. The van der Waals surface area contributed by atoms with Crippen LogP contribution in [0.5, 0.6) is 0 Å². The lowest BCUT2D eigenvalue weighted by Gasteiger charge is -2.33. The van der Waals surface area contributed by atoms with E-state index >= 15 is 0 Å². The fraction of sp³-hybridized carbons (Fsp3) is 0.467. The molecule has 1 aromatic carbocycles. The molecule has 0 saturated heterocycles. The normalized spacial score (nSPS) is 19.7. The number of nitrogens with one attached hydrogen (secondary N) is 1. The summed E-state index contributed by atoms with van der Waals surface area (Å²) in [7, 11) is 0. The van der Waals surface area contributed by atoms with Crippen molar-refractivity contribution in [2.45, 2.75) is 38.1 Å². The van der Waals surface area contributed by atoms with Gasteiger partial charge in [-0.2, -0.15) is 0 Å². The van der Waals surface area contributed by atoms with E-state index in [1.54, 1.807) is 11.1 Å². The smallest absolute Gasteiger partial charge is 0.0107 e. The molecular weight excluding hydrogens is 194 g/mol. The second-order valence-corrected chi connectivity index (χ2v) is 4.61. The Hall–Kier alpha value is -1.08. The van der Waals surface area contributed by atoms with Crippen molar-refractivity contribution < 1.29 is 0 Å². The summed E-state index contributed by atoms with van der Waals surface area (Å²) >= 11 is 0. The van der Waals surface area contributed by atoms with Gasteiger partial charge in [-0.05, 0) is 42.9 Å². The van der Waals surface area contributed by atoms with Gasteiger partial charge in [-0.15, -0.1) is 6.58 Å². The molecular formula is C15H21N. The van der Waals surface area contributed by atoms with E-state index in [1.807, 2.05) is 6.08 Å². The van der Waals surface area contributed by atoms with Crippen molar-refractivity contribution in [3.05, 3.63) is 48.0 Å². The molecule has 1 nitrogen and oxygen atoms in total. The lowest BCUT2D eigenvalue weighted by atomic mass is 9.74. The zero-order valence-electron chi connectivity index (χ0n) is 10.1. The number of hydrogen-bond donors (Lipinski definition) is 1. The topological polar surface area (TPSA) is 12.0 Å². The molecule has 0 radical (unpaired) electrons. The molecule has 0 heterocycles. The standard InChI is InChI=1S/C15H21N/c1-3-7-14(16-4-2)11-13-10-12-8-5-6-9-15(12)13/h3,5-6,8-9,13-14,16H,1,4,7,10-11H2,2H3. The molecule has 2 atom stereocenters. The van der Waals surface area contributed by atoms with E-state index in [0.29, 0.717) is 6.04 Å². The summed E-state index contributed by atoms with van der Waals surface area (Å²) in [4.78, 5) is 0. The Morgan fingerprint density at radius 1 is 1.50 bits per heavy atom. The van der Waals surface area contributed by atoms with E-state index < -0.39 is 0 Å². The molecule has 1 heteroatoms. The van der Waals surface area contributed by atoms with Crippen molar-refractivity contribution in [2.75, 3.05) is 6.54 Å². The molecule has 1 aromatic rings. The molecule has 0 aromatic heterocycles. The van der Waals surface area contributed by atoms with Crippen LogP contribution in [0.4, 0.5) is 0 Å². The summed E-state index contributed by atoms with van der Waals surface area (Å²) in [5, 5.41) is 3.54. The molecule has 1 aliphatic carbocycles. The van der Waals surface area contributed by atoms with Gasteiger partial charge in [-0.25, -0.2) is 0 Å². The van der Waals surface area contributed by atoms with Crippen LogP contribution in [0, 0.1) is 0 Å². The van der Waals surface area contributed by atoms with Gasteiger partial charge in [0.1, 0.15) is 0 Å². The maximum absolute atomic E-state index is 3.84. The zero-order chi connectivity index (χ0) is 11.4. The maximum atomic E-state index is 3.84. The highest BCUT2D eigenvalue weighted by molar-refractivity contribution is 5.39. The molecule has 0 amide bonds. The summed E-state index contributed by atoms with van der Waals surface area (Å²) in [5.41, 5.74) is 3.11. The molecule has 0 fully saturated rings. The van der Waals surface area contributed by atoms with Crippen LogP contribution < -0.4 is 5.32 Å². The van der Waals surface area contributed by atoms with E-state index in [4.69, 9.17) is 0 Å². The number of benzene rings is 1. The summed E-state index contributed by atoms with van der Waals surface area (Å²) in [6.45, 7) is 7.06. The largest absolute Gasteiger partial charge is 0.314 e. The van der Waals surface area contributed by atoms with Crippen LogP contribution in [-0.2, 0) is 6.42 Å². The van der Waals surface area contributed by atoms with Gasteiger partial charge in [0.25, 0.3) is 0 Å². The van der Waals surface area contributed by atoms with Gasteiger partial charge in [0.15, 0.2) is 0 Å². The minimum atomic E-state index is 0.598. The predicted molar refractivity (Wildman–Crippen MR) is 69.8 cm³/mol. The molecule has 1 N–H and O–H groups in total. The first-order valence-electron chi connectivity index (χ1n) is 6.27. The molecule has 86 valence electrons. The second kappa shape index (κ2) is 5.31. The molecule has 2 rings (SSSR count). The lowest BCUT2D eigenvalue weighted by molar-refractivity contribution is 0.427. The van der Waals surface area contributed by atoms with Crippen LogP contribution in [-0.4, -0.2) is 12.6 Å². The minimum Gasteiger partial charge on any atom is -0.314 e. The van der Waals surface area contributed by atoms with Gasteiger partial charge >= 0.3 is 0 Å². The minimum absolute atomic E-state index is 0.598. The Morgan fingerprint density at radius 3 is 3.00 bits per heavy atom. The fourth-order valence-corrected chi connectivity index (χ4v) is 2.67. The van der Waals surface area contributed by atoms with Crippen molar-refractivity contribution in [1.82, 2.24) is 5.32 Å². The third-order valence-electron chi connectivity index (χ3n) is 3.47. The Labute approximate surface area is 98.6 Å². The Bertz CT molecular complexity index is 356. The van der Waals surface area contributed by atoms with Crippen molar-refractivity contribution in [2.24, 2.45) is 0 Å². The van der Waals surface area contributed by atoms with Gasteiger partial charge < -0.3 is 5.32 Å². The van der Waals surface area contributed by atoms with Crippen LogP contribution >= 0.6 is 0 Å². The van der Waals surface area contributed by atoms with Crippen LogP contribution in [0.25, 0.3) is 0 Å². The molecule has 2 unspecified atom stereocenters. The Kier molecular flexibility index (Phi) is 3.79. The molecule has 0 saturated carbocycles. The van der Waals surface area contributed by atoms with Gasteiger partial charge in [0.2, 0.25) is 0 Å². The van der Waals surface area contributed by atoms with Crippen LogP contribution in [0.15, 0.2) is 36.9 Å². The summed E-state index contributed by atoms with van der Waals surface area (Å²) in [6, 6.07) is 9.42. The molecule has 16 heavy (non-hydrogen) atoms. The second-order valence-electron chi connectivity index (χ2n) is 4.61. The van der Waals surface area contributed by atoms with Gasteiger partial charge in [0.05, 0.1) is 0 Å². The van der Waals surface area contributed by atoms with E-state index in [2.05, 4.69) is 43.1 Å². The van der Waals surface area contributed by atoms with E-state index in [-0.39, 0.29) is 0 Å². The summed E-state index contributed by atoms with van der Waals surface area (Å²) < 4.78 is 0. The molecule has 0 bridgehead atoms. The average molecular weight is 215 g/mol. The highest BCUT2D eigenvalue weighted by Crippen LogP contribution is 2.38. The van der Waals surface area contributed by atoms with Crippen molar-refractivity contribution >= 4 is 0 Å². The third-order valence-corrected chi connectivity index (χ3v) is 3.47. The third kappa shape index (κ3) is 2.35. The summed E-state index contributed by atoms with van der Waals surface area (Å²) in [5.74, 6) is 0.764. The van der Waals surface area contributed by atoms with E-state index in [0.717, 1.165) is 18.9 Å². The van der Waals surface area contributed by atoms with Crippen LogP contribution in [0.3, 0.4) is 0 Å². The quantitative estimate of drug-likeness (QED) is 0.718. The Morgan fingerprint density at radius 2 is 2.31 bits per heavy atom. The highest BCUT2D eigenvalue weighted by atomic mass is 14.9. The first-order chi connectivity index (χ1) is 7.85. The van der Waals surface area contributed by atoms with Crippen molar-refractivity contribution in [3.63, 3.8) is 0 Å². The van der Waals surface area contributed by atoms with Crippen molar-refractivity contribution in [3.8, 4) is 0 Å². The molecule has 1 aliphatic rings. The molecule has 0 spiro atoms. The number of fused-ring (bicyclic) bond motifs is 1. The highest BCUT2D eigenvalue weighted by Gasteiger charge is 2.27. The SMILES string of the molecule is C=CCC(CC1Cc2ccccc21)NCC. The first kappa shape index (κ1) is 11.4. The van der Waals surface area contributed by atoms with Crippen LogP contribution in [0.2, 0.25) is 0 Å². The summed E-state index contributed by atoms with van der Waals surface area (Å²) in [6.07, 6.45) is 5.61. The van der Waals surface area contributed by atoms with E-state index in [1.165, 1.54) is 12.8 Å². The van der Waals surface area contributed by atoms with E-state index in [9.17, 15) is 0 Å². The van der Waals surface area contributed by atoms with Gasteiger partial charge in [-0.1, -0.05) is 37.3 Å². The number of hydrogen-bond acceptors (Lipinski definition) is 1. The Balaban J connectivity index is 1.93. The van der Waals surface area contributed by atoms with Gasteiger partial charge in [-0.3, -0.25) is 0 Å². The average Bonchev–Trinajstić information content (AvgIpc) is 2.26. The fourth-order valence-electron chi connectivity index (χ4n) is 2.67.